The maximum Gasteiger partial charge on any atom is 0.472 e. The van der Waals surface area contributed by atoms with E-state index in [-0.39, 0.29) is 25.7 Å². The van der Waals surface area contributed by atoms with Crippen molar-refractivity contribution in [1.82, 2.24) is 0 Å². The zero-order valence-corrected chi connectivity index (χ0v) is 66.8. The Morgan fingerprint density at radius 1 is 0.293 bits per heavy atom. The van der Waals surface area contributed by atoms with E-state index in [0.717, 1.165) is 108 Å². The third-order valence-electron chi connectivity index (χ3n) is 19.0. The van der Waals surface area contributed by atoms with E-state index in [9.17, 15) is 43.2 Å². The minimum atomic E-state index is -4.96. The fourth-order valence-electron chi connectivity index (χ4n) is 12.3. The summed E-state index contributed by atoms with van der Waals surface area (Å²) in [6.45, 7) is 12.0. The Balaban J connectivity index is 5.28. The molecule has 3 unspecified atom stereocenters. The first kappa shape index (κ1) is 97.1. The summed E-state index contributed by atoms with van der Waals surface area (Å²) in [4.78, 5) is 73.0. The molecule has 0 amide bonds. The number of phosphoric ester groups is 2. The molecule has 0 aliphatic carbocycles. The highest BCUT2D eigenvalue weighted by Crippen LogP contribution is 2.45. The van der Waals surface area contributed by atoms with Crippen LogP contribution in [0.4, 0.5) is 0 Å². The number of aliphatic hydroxyl groups is 1. The number of phosphoric acid groups is 2. The van der Waals surface area contributed by atoms with Crippen LogP contribution in [-0.2, 0) is 65.4 Å². The van der Waals surface area contributed by atoms with E-state index in [2.05, 4.69) is 48.5 Å². The van der Waals surface area contributed by atoms with Gasteiger partial charge in [-0.3, -0.25) is 37.3 Å². The summed E-state index contributed by atoms with van der Waals surface area (Å²) in [5.41, 5.74) is 0. The van der Waals surface area contributed by atoms with Crippen LogP contribution in [0.3, 0.4) is 0 Å². The van der Waals surface area contributed by atoms with E-state index in [1.807, 2.05) is 0 Å². The Hall–Kier alpha value is -1.94. The normalized spacial score (nSPS) is 14.3. The van der Waals surface area contributed by atoms with E-state index in [0.29, 0.717) is 25.7 Å². The lowest BCUT2D eigenvalue weighted by atomic mass is 9.99. The highest BCUT2D eigenvalue weighted by Gasteiger charge is 2.30. The number of carbonyl (C=O) groups is 4. The maximum absolute atomic E-state index is 13.1. The zero-order chi connectivity index (χ0) is 73.0. The summed E-state index contributed by atoms with van der Waals surface area (Å²) < 4.78 is 68.7. The van der Waals surface area contributed by atoms with Gasteiger partial charge in [0.1, 0.15) is 19.3 Å². The van der Waals surface area contributed by atoms with Crippen molar-refractivity contribution >= 4 is 39.5 Å². The molecule has 0 aliphatic rings. The summed E-state index contributed by atoms with van der Waals surface area (Å²) in [7, 11) is -9.92. The first-order valence-electron chi connectivity index (χ1n) is 41.4. The largest absolute Gasteiger partial charge is 0.472 e. The Kier molecular flexibility index (Phi) is 69.0. The van der Waals surface area contributed by atoms with Gasteiger partial charge in [0.05, 0.1) is 26.4 Å². The van der Waals surface area contributed by atoms with Crippen molar-refractivity contribution < 1.29 is 80.2 Å². The van der Waals surface area contributed by atoms with Gasteiger partial charge in [-0.1, -0.05) is 363 Å². The minimum absolute atomic E-state index is 0.106. The lowest BCUT2D eigenvalue weighted by Gasteiger charge is -2.21. The molecule has 0 heterocycles. The van der Waals surface area contributed by atoms with Crippen LogP contribution in [0.15, 0.2) is 0 Å². The minimum Gasteiger partial charge on any atom is -0.462 e. The van der Waals surface area contributed by atoms with E-state index >= 15 is 0 Å². The molecule has 0 saturated carbocycles. The highest BCUT2D eigenvalue weighted by atomic mass is 31.2. The molecule has 0 bridgehead atoms. The van der Waals surface area contributed by atoms with E-state index < -0.39 is 97.5 Å². The molecule has 0 saturated heterocycles. The second-order valence-electron chi connectivity index (χ2n) is 30.0. The van der Waals surface area contributed by atoms with Crippen molar-refractivity contribution in [3.8, 4) is 0 Å². The summed E-state index contributed by atoms with van der Waals surface area (Å²) in [6, 6.07) is 0. The average Bonchev–Trinajstić information content (AvgIpc) is 0.980. The summed E-state index contributed by atoms with van der Waals surface area (Å²) >= 11 is 0. The van der Waals surface area contributed by atoms with Crippen LogP contribution < -0.4 is 0 Å². The molecular formula is C80H156O17P2. The predicted molar refractivity (Wildman–Crippen MR) is 405 cm³/mol. The van der Waals surface area contributed by atoms with Crippen LogP contribution in [0.25, 0.3) is 0 Å². The summed E-state index contributed by atoms with van der Waals surface area (Å²) in [5, 5.41) is 10.6. The highest BCUT2D eigenvalue weighted by molar-refractivity contribution is 7.47. The van der Waals surface area contributed by atoms with Crippen LogP contribution in [0, 0.1) is 17.8 Å². The molecule has 17 nitrogen and oxygen atoms in total. The molecule has 0 radical (unpaired) electrons. The van der Waals surface area contributed by atoms with Crippen LogP contribution in [-0.4, -0.2) is 96.7 Å². The molecular weight excluding hydrogens is 1290 g/mol. The van der Waals surface area contributed by atoms with Crippen LogP contribution in [0.1, 0.15) is 414 Å². The lowest BCUT2D eigenvalue weighted by molar-refractivity contribution is -0.161. The Bertz CT molecular complexity index is 1920. The summed E-state index contributed by atoms with van der Waals surface area (Å²) in [6.07, 6.45) is 58.1. The number of esters is 4. The quantitative estimate of drug-likeness (QED) is 0.0222. The van der Waals surface area contributed by atoms with Gasteiger partial charge in [0, 0.05) is 25.7 Å². The zero-order valence-electron chi connectivity index (χ0n) is 65.0. The number of aliphatic hydroxyl groups excluding tert-OH is 1. The molecule has 0 spiro atoms. The van der Waals surface area contributed by atoms with Gasteiger partial charge in [-0.15, -0.1) is 0 Å². The van der Waals surface area contributed by atoms with Crippen molar-refractivity contribution in [3.05, 3.63) is 0 Å². The number of unbranched alkanes of at least 4 members (excludes halogenated alkanes) is 45. The lowest BCUT2D eigenvalue weighted by Crippen LogP contribution is -2.30. The molecule has 0 aromatic heterocycles. The number of hydrogen-bond acceptors (Lipinski definition) is 15. The first-order chi connectivity index (χ1) is 47.8. The van der Waals surface area contributed by atoms with Crippen molar-refractivity contribution in [2.45, 2.75) is 433 Å². The third kappa shape index (κ3) is 72.8. The Morgan fingerprint density at radius 2 is 0.515 bits per heavy atom. The average molecular weight is 1450 g/mol. The third-order valence-corrected chi connectivity index (χ3v) is 20.9. The molecule has 0 rings (SSSR count). The van der Waals surface area contributed by atoms with Crippen LogP contribution in [0.5, 0.6) is 0 Å². The maximum atomic E-state index is 13.1. The number of ether oxygens (including phenoxy) is 4. The van der Waals surface area contributed by atoms with Gasteiger partial charge >= 0.3 is 39.5 Å². The molecule has 99 heavy (non-hydrogen) atoms. The van der Waals surface area contributed by atoms with Gasteiger partial charge < -0.3 is 33.8 Å². The van der Waals surface area contributed by atoms with Gasteiger partial charge in [-0.2, -0.15) is 0 Å². The van der Waals surface area contributed by atoms with Gasteiger partial charge in [-0.05, 0) is 43.4 Å². The number of hydrogen-bond donors (Lipinski definition) is 3. The molecule has 0 aromatic rings. The predicted octanol–water partition coefficient (Wildman–Crippen LogP) is 23.7. The molecule has 0 aliphatic heterocycles. The fraction of sp³-hybridized carbons (Fsp3) is 0.950. The first-order valence-corrected chi connectivity index (χ1v) is 44.4. The van der Waals surface area contributed by atoms with Crippen molar-refractivity contribution in [3.63, 3.8) is 0 Å². The van der Waals surface area contributed by atoms with Crippen LogP contribution in [0.2, 0.25) is 0 Å². The molecule has 0 fully saturated rings. The second kappa shape index (κ2) is 70.4. The number of carbonyl (C=O) groups excluding carboxylic acids is 4. The SMILES string of the molecule is CCCCCCCCCCCCCCCCCCC(=O)OC[C@H](COP(=O)(O)OC[C@@H](O)COP(=O)(O)OC[C@@H](COC(=O)CCCCCCCCCCCCC(C)C)OC(=O)CCCCCCCCCCCCC(C)CC)OC(=O)CCCCCCCCCCCCCCCC(C)C. The number of rotatable bonds is 78. The molecule has 588 valence electrons. The van der Waals surface area contributed by atoms with Crippen molar-refractivity contribution in [1.29, 1.82) is 0 Å². The molecule has 6 atom stereocenters. The monoisotopic (exact) mass is 1450 g/mol. The summed E-state index contributed by atoms with van der Waals surface area (Å²) in [5.74, 6) is 0.237. The van der Waals surface area contributed by atoms with E-state index in [4.69, 9.17) is 37.0 Å². The van der Waals surface area contributed by atoms with Crippen molar-refractivity contribution in [2.75, 3.05) is 39.6 Å². The van der Waals surface area contributed by atoms with Gasteiger partial charge in [0.2, 0.25) is 0 Å². The standard InChI is InChI=1S/C80H156O17P2/c1-8-10-11-12-13-14-15-16-17-18-21-24-33-40-47-54-61-77(82)90-67-75(96-79(84)63-56-49-42-35-25-22-19-20-23-30-37-44-51-58-71(3)4)69-94-98(86,87)92-65-74(81)66-93-99(88,89)95-70-76(68-91-78(83)62-55-48-41-34-28-26-31-38-45-52-59-72(5)6)97-80(85)64-57-50-43-36-29-27-32-39-46-53-60-73(7)9-2/h71-76,81H,8-70H2,1-7H3,(H,86,87)(H,88,89)/t73?,74-,75-,76-/m1/s1. The van der Waals surface area contributed by atoms with E-state index in [1.165, 1.54) is 225 Å². The van der Waals surface area contributed by atoms with Crippen LogP contribution >= 0.6 is 15.6 Å². The molecule has 3 N–H and O–H groups in total. The topological polar surface area (TPSA) is 237 Å². The molecule has 19 heteroatoms. The van der Waals surface area contributed by atoms with Gasteiger partial charge in [-0.25, -0.2) is 9.13 Å². The van der Waals surface area contributed by atoms with Crippen molar-refractivity contribution in [2.24, 2.45) is 17.8 Å². The second-order valence-corrected chi connectivity index (χ2v) is 32.9. The van der Waals surface area contributed by atoms with E-state index in [1.54, 1.807) is 0 Å². The van der Waals surface area contributed by atoms with Gasteiger partial charge in [0.25, 0.3) is 0 Å². The molecule has 0 aromatic carbocycles. The fourth-order valence-corrected chi connectivity index (χ4v) is 13.9. The van der Waals surface area contributed by atoms with Gasteiger partial charge in [0.15, 0.2) is 12.2 Å². The smallest absolute Gasteiger partial charge is 0.462 e. The Labute approximate surface area is 607 Å². The Morgan fingerprint density at radius 3 is 0.768 bits per heavy atom.